The topological polar surface area (TPSA) is 78.7 Å². The number of hydrogen-bond acceptors (Lipinski definition) is 5. The second-order valence-electron chi connectivity index (χ2n) is 6.70. The van der Waals surface area contributed by atoms with Gasteiger partial charge in [-0.2, -0.15) is 9.40 Å². The first kappa shape index (κ1) is 16.9. The number of piperidine rings is 1. The van der Waals surface area contributed by atoms with E-state index in [1.807, 2.05) is 0 Å². The summed E-state index contributed by atoms with van der Waals surface area (Å²) in [6.07, 6.45) is 2.25. The van der Waals surface area contributed by atoms with Gasteiger partial charge in [0.25, 0.3) is 0 Å². The van der Waals surface area contributed by atoms with Crippen molar-refractivity contribution in [2.75, 3.05) is 26.2 Å². The van der Waals surface area contributed by atoms with Crippen molar-refractivity contribution in [1.29, 1.82) is 0 Å². The van der Waals surface area contributed by atoms with E-state index in [4.69, 9.17) is 0 Å². The van der Waals surface area contributed by atoms with Crippen LogP contribution in [0.5, 0.6) is 0 Å². The van der Waals surface area contributed by atoms with Crippen LogP contribution < -0.4 is 0 Å². The van der Waals surface area contributed by atoms with Gasteiger partial charge >= 0.3 is 0 Å². The highest BCUT2D eigenvalue weighted by Gasteiger charge is 2.36. The number of likely N-dealkylation sites (tertiary alicyclic amines) is 1. The predicted molar refractivity (Wildman–Crippen MR) is 86.7 cm³/mol. The average Bonchev–Trinajstić information content (AvgIpc) is 3.03. The van der Waals surface area contributed by atoms with E-state index in [0.29, 0.717) is 35.4 Å². The van der Waals surface area contributed by atoms with Gasteiger partial charge in [-0.3, -0.25) is 9.58 Å². The number of aromatic nitrogens is 2. The summed E-state index contributed by atoms with van der Waals surface area (Å²) in [4.78, 5) is 2.66. The molecule has 0 saturated carbocycles. The summed E-state index contributed by atoms with van der Waals surface area (Å²) in [5, 5.41) is 13.9. The number of aryl methyl sites for hydroxylation is 2. The maximum Gasteiger partial charge on any atom is 0.246 e. The van der Waals surface area contributed by atoms with Gasteiger partial charge in [-0.1, -0.05) is 0 Å². The van der Waals surface area contributed by atoms with Gasteiger partial charge in [-0.15, -0.1) is 0 Å². The Morgan fingerprint density at radius 2 is 1.78 bits per heavy atom. The van der Waals surface area contributed by atoms with E-state index in [0.717, 1.165) is 32.4 Å². The van der Waals surface area contributed by atoms with Crippen molar-refractivity contribution in [3.8, 4) is 0 Å². The highest BCUT2D eigenvalue weighted by Crippen LogP contribution is 2.28. The summed E-state index contributed by atoms with van der Waals surface area (Å²) in [5.41, 5.74) is 1.25. The third-order valence-electron chi connectivity index (χ3n) is 5.18. The molecule has 0 spiro atoms. The van der Waals surface area contributed by atoms with Crippen molar-refractivity contribution in [2.24, 2.45) is 7.05 Å². The first-order valence-corrected chi connectivity index (χ1v) is 9.67. The molecular formula is C15H26N4O3S. The van der Waals surface area contributed by atoms with Crippen LogP contribution in [0.2, 0.25) is 0 Å². The van der Waals surface area contributed by atoms with Crippen LogP contribution in [0.25, 0.3) is 0 Å². The first-order valence-electron chi connectivity index (χ1n) is 8.23. The van der Waals surface area contributed by atoms with Crippen molar-refractivity contribution in [1.82, 2.24) is 19.0 Å². The maximum atomic E-state index is 12.9. The van der Waals surface area contributed by atoms with Crippen molar-refractivity contribution < 1.29 is 13.5 Å². The number of rotatable bonds is 3. The molecule has 0 amide bonds. The van der Waals surface area contributed by atoms with E-state index in [-0.39, 0.29) is 6.10 Å². The van der Waals surface area contributed by atoms with Crippen LogP contribution in [-0.2, 0) is 17.1 Å². The molecule has 1 N–H and O–H groups in total. The molecule has 1 aromatic rings. The third-order valence-corrected chi connectivity index (χ3v) is 7.33. The average molecular weight is 342 g/mol. The molecule has 1 aromatic heterocycles. The number of sulfonamides is 1. The fourth-order valence-corrected chi connectivity index (χ4v) is 5.67. The quantitative estimate of drug-likeness (QED) is 0.852. The van der Waals surface area contributed by atoms with E-state index >= 15 is 0 Å². The fourth-order valence-electron chi connectivity index (χ4n) is 3.80. The largest absolute Gasteiger partial charge is 0.392 e. The van der Waals surface area contributed by atoms with Crippen molar-refractivity contribution >= 4 is 10.0 Å². The highest BCUT2D eigenvalue weighted by atomic mass is 32.2. The fraction of sp³-hybridized carbons (Fsp3) is 0.800. The zero-order valence-corrected chi connectivity index (χ0v) is 14.9. The van der Waals surface area contributed by atoms with Gasteiger partial charge in [0.2, 0.25) is 10.0 Å². The first-order chi connectivity index (χ1) is 10.8. The Labute approximate surface area is 137 Å². The Hall–Kier alpha value is -0.960. The lowest BCUT2D eigenvalue weighted by molar-refractivity contribution is 0.132. The lowest BCUT2D eigenvalue weighted by Gasteiger charge is -2.36. The van der Waals surface area contributed by atoms with Crippen molar-refractivity contribution in [2.45, 2.75) is 50.2 Å². The highest BCUT2D eigenvalue weighted by molar-refractivity contribution is 7.89. The van der Waals surface area contributed by atoms with Gasteiger partial charge in [-0.25, -0.2) is 8.42 Å². The molecule has 7 nitrogen and oxygen atoms in total. The third kappa shape index (κ3) is 3.05. The molecule has 0 aromatic carbocycles. The smallest absolute Gasteiger partial charge is 0.246 e. The van der Waals surface area contributed by atoms with E-state index in [1.165, 1.54) is 0 Å². The zero-order valence-electron chi connectivity index (χ0n) is 14.1. The molecule has 2 saturated heterocycles. The molecule has 3 rings (SSSR count). The van der Waals surface area contributed by atoms with Gasteiger partial charge in [0.05, 0.1) is 17.5 Å². The summed E-state index contributed by atoms with van der Waals surface area (Å²) in [7, 11) is -1.71. The van der Waals surface area contributed by atoms with Gasteiger partial charge in [0, 0.05) is 39.3 Å². The molecule has 2 aliphatic rings. The predicted octanol–water partition coefficient (Wildman–Crippen LogP) is 0.257. The minimum Gasteiger partial charge on any atom is -0.392 e. The van der Waals surface area contributed by atoms with Crippen LogP contribution >= 0.6 is 0 Å². The van der Waals surface area contributed by atoms with Crippen LogP contribution in [0.4, 0.5) is 0 Å². The van der Waals surface area contributed by atoms with Crippen LogP contribution in [0.15, 0.2) is 4.90 Å². The van der Waals surface area contributed by atoms with Gasteiger partial charge in [-0.05, 0) is 33.1 Å². The van der Waals surface area contributed by atoms with Crippen LogP contribution in [0, 0.1) is 13.8 Å². The monoisotopic (exact) mass is 342 g/mol. The van der Waals surface area contributed by atoms with Crippen LogP contribution in [-0.4, -0.2) is 70.8 Å². The lowest BCUT2D eigenvalue weighted by atomic mass is 10.1. The molecule has 130 valence electrons. The van der Waals surface area contributed by atoms with E-state index in [9.17, 15) is 13.5 Å². The molecule has 0 radical (unpaired) electrons. The van der Waals surface area contributed by atoms with Gasteiger partial charge in [0.1, 0.15) is 4.90 Å². The number of β-amino-alcohol motifs (C(OH)–C–C–N with tert-alkyl or cyclic N) is 1. The molecular weight excluding hydrogens is 316 g/mol. The molecule has 8 heteroatoms. The van der Waals surface area contributed by atoms with E-state index in [2.05, 4.69) is 10.00 Å². The van der Waals surface area contributed by atoms with Crippen molar-refractivity contribution in [3.05, 3.63) is 11.4 Å². The van der Waals surface area contributed by atoms with Crippen LogP contribution in [0.3, 0.4) is 0 Å². The zero-order chi connectivity index (χ0) is 16.8. The second-order valence-corrected chi connectivity index (χ2v) is 8.57. The molecule has 0 aliphatic carbocycles. The molecule has 0 unspecified atom stereocenters. The Kier molecular flexibility index (Phi) is 4.52. The summed E-state index contributed by atoms with van der Waals surface area (Å²) < 4.78 is 29.1. The maximum absolute atomic E-state index is 12.9. The van der Waals surface area contributed by atoms with Crippen LogP contribution in [0.1, 0.15) is 30.7 Å². The Morgan fingerprint density at radius 3 is 2.26 bits per heavy atom. The second kappa shape index (κ2) is 6.16. The number of aliphatic hydroxyl groups is 1. The summed E-state index contributed by atoms with van der Waals surface area (Å²) in [6.45, 7) is 6.25. The Morgan fingerprint density at radius 1 is 1.13 bits per heavy atom. The summed E-state index contributed by atoms with van der Waals surface area (Å²) in [6, 6.07) is 0.384. The standard InChI is InChI=1S/C15H26N4O3S/c1-11-15(12(2)17(3)16-11)23(21,22)19-8-4-13(5-9-19)18-7-6-14(20)10-18/h13-14,20H,4-10H2,1-3H3/t14-/m0/s1. The van der Waals surface area contributed by atoms with E-state index < -0.39 is 10.0 Å². The lowest BCUT2D eigenvalue weighted by Crippen LogP contribution is -2.46. The molecule has 2 aliphatic heterocycles. The number of hydrogen-bond donors (Lipinski definition) is 1. The van der Waals surface area contributed by atoms with Crippen molar-refractivity contribution in [3.63, 3.8) is 0 Å². The normalized spacial score (nSPS) is 25.3. The van der Waals surface area contributed by atoms with Gasteiger partial charge < -0.3 is 5.11 Å². The Bertz CT molecular complexity index is 677. The molecule has 3 heterocycles. The van der Waals surface area contributed by atoms with Gasteiger partial charge in [0.15, 0.2) is 0 Å². The molecule has 0 bridgehead atoms. The molecule has 1 atom stereocenters. The number of aliphatic hydroxyl groups excluding tert-OH is 1. The molecule has 23 heavy (non-hydrogen) atoms. The Balaban J connectivity index is 1.71. The summed E-state index contributed by atoms with van der Waals surface area (Å²) in [5.74, 6) is 0. The summed E-state index contributed by atoms with van der Waals surface area (Å²) >= 11 is 0. The SMILES string of the molecule is Cc1nn(C)c(C)c1S(=O)(=O)N1CCC(N2CC[C@H](O)C2)CC1. The molecule has 2 fully saturated rings. The number of nitrogens with zero attached hydrogens (tertiary/aromatic N) is 4. The minimum absolute atomic E-state index is 0.225. The minimum atomic E-state index is -3.48. The van der Waals surface area contributed by atoms with E-state index in [1.54, 1.807) is 29.9 Å².